The van der Waals surface area contributed by atoms with Crippen molar-refractivity contribution in [2.45, 2.75) is 43.3 Å². The smallest absolute Gasteiger partial charge is 0.272 e. The lowest BCUT2D eigenvalue weighted by Gasteiger charge is -2.15. The summed E-state index contributed by atoms with van der Waals surface area (Å²) < 4.78 is 5.23. The number of aromatic nitrogens is 1. The number of carbonyl (C=O) groups is 3. The summed E-state index contributed by atoms with van der Waals surface area (Å²) >= 11 is 2.77. The average Bonchev–Trinajstić information content (AvgIpc) is 3.59. The van der Waals surface area contributed by atoms with Gasteiger partial charge >= 0.3 is 0 Å². The zero-order chi connectivity index (χ0) is 34.8. The van der Waals surface area contributed by atoms with Crippen molar-refractivity contribution < 1.29 is 19.1 Å². The molecular formula is C39H38N4O4S2. The van der Waals surface area contributed by atoms with Crippen LogP contribution in [0.2, 0.25) is 0 Å². The number of thioether (sulfide) groups is 1. The molecule has 1 atom stereocenters. The monoisotopic (exact) mass is 690 g/mol. The lowest BCUT2D eigenvalue weighted by Crippen LogP contribution is -2.30. The summed E-state index contributed by atoms with van der Waals surface area (Å²) in [6.07, 6.45) is 2.24. The number of methoxy groups -OCH3 is 1. The van der Waals surface area contributed by atoms with Crippen molar-refractivity contribution in [2.75, 3.05) is 17.7 Å². The van der Waals surface area contributed by atoms with Gasteiger partial charge in [-0.1, -0.05) is 69.3 Å². The molecule has 0 saturated heterocycles. The van der Waals surface area contributed by atoms with Gasteiger partial charge in [0.1, 0.15) is 11.4 Å². The quantitative estimate of drug-likeness (QED) is 0.0842. The van der Waals surface area contributed by atoms with Gasteiger partial charge in [-0.05, 0) is 84.1 Å². The van der Waals surface area contributed by atoms with Crippen molar-refractivity contribution >= 4 is 57.7 Å². The van der Waals surface area contributed by atoms with Gasteiger partial charge in [0.05, 0.1) is 18.1 Å². The Morgan fingerprint density at radius 2 is 1.63 bits per heavy atom. The summed E-state index contributed by atoms with van der Waals surface area (Å²) in [5.41, 5.74) is 4.73. The lowest BCUT2D eigenvalue weighted by molar-refractivity contribution is -0.116. The molecule has 0 spiro atoms. The molecule has 8 nitrogen and oxygen atoms in total. The number of rotatable bonds is 13. The molecule has 1 aromatic heterocycles. The van der Waals surface area contributed by atoms with Crippen LogP contribution in [-0.2, 0) is 9.59 Å². The summed E-state index contributed by atoms with van der Waals surface area (Å²) in [5.74, 6) is 0.110. The maximum atomic E-state index is 13.6. The molecule has 1 unspecified atom stereocenters. The van der Waals surface area contributed by atoms with E-state index in [1.807, 2.05) is 85.1 Å². The Morgan fingerprint density at radius 1 is 0.898 bits per heavy atom. The fraction of sp³-hybridized carbons (Fsp3) is 0.179. The van der Waals surface area contributed by atoms with E-state index in [-0.39, 0.29) is 11.6 Å². The van der Waals surface area contributed by atoms with Crippen molar-refractivity contribution in [3.63, 3.8) is 0 Å². The van der Waals surface area contributed by atoms with E-state index in [2.05, 4.69) is 34.8 Å². The standard InChI is InChI=1S/C39H38N4O4S2/c1-5-35(38(46)43-39-42-34(24-48-39)28-18-20-31(47-4)21-19-28)49-32-13-9-12-30(23-32)40-37(45)33(41-36(44)29-10-7-6-8-11-29)22-26-14-16-27(17-15-26)25(2)3/h6-25,35H,5H2,1-4H3,(H,40,45)(H,41,44)(H,42,43,46)/b33-22+. The molecule has 1 heterocycles. The van der Waals surface area contributed by atoms with E-state index < -0.39 is 17.1 Å². The molecule has 3 amide bonds. The highest BCUT2D eigenvalue weighted by atomic mass is 32.2. The van der Waals surface area contributed by atoms with E-state index in [0.717, 1.165) is 27.5 Å². The van der Waals surface area contributed by atoms with Crippen molar-refractivity contribution in [3.8, 4) is 17.0 Å². The Balaban J connectivity index is 1.27. The molecule has 0 aliphatic carbocycles. The molecule has 0 saturated carbocycles. The first-order valence-corrected chi connectivity index (χ1v) is 17.6. The van der Waals surface area contributed by atoms with Crippen LogP contribution in [0.15, 0.2) is 119 Å². The second-order valence-electron chi connectivity index (χ2n) is 11.5. The largest absolute Gasteiger partial charge is 0.497 e. The molecule has 3 N–H and O–H groups in total. The third kappa shape index (κ3) is 9.68. The third-order valence-corrected chi connectivity index (χ3v) is 9.71. The molecule has 5 rings (SSSR count). The van der Waals surface area contributed by atoms with Crippen LogP contribution in [-0.4, -0.2) is 35.1 Å². The van der Waals surface area contributed by atoms with E-state index in [0.29, 0.717) is 28.7 Å². The van der Waals surface area contributed by atoms with Crippen LogP contribution in [0.1, 0.15) is 54.6 Å². The first kappa shape index (κ1) is 35.1. The van der Waals surface area contributed by atoms with Crippen LogP contribution in [0.3, 0.4) is 0 Å². The number of hydrogen-bond donors (Lipinski definition) is 3. The number of thiazole rings is 1. The Kier molecular flexibility index (Phi) is 12.0. The van der Waals surface area contributed by atoms with Crippen LogP contribution in [0.5, 0.6) is 5.75 Å². The molecule has 4 aromatic carbocycles. The van der Waals surface area contributed by atoms with Crippen LogP contribution in [0.25, 0.3) is 17.3 Å². The number of benzene rings is 4. The molecule has 250 valence electrons. The van der Waals surface area contributed by atoms with Crippen LogP contribution in [0, 0.1) is 0 Å². The molecular weight excluding hydrogens is 653 g/mol. The Bertz CT molecular complexity index is 1920. The highest BCUT2D eigenvalue weighted by molar-refractivity contribution is 8.00. The third-order valence-electron chi connectivity index (χ3n) is 7.60. The second kappa shape index (κ2) is 16.8. The number of carbonyl (C=O) groups excluding carboxylic acids is 3. The molecule has 0 bridgehead atoms. The summed E-state index contributed by atoms with van der Waals surface area (Å²) in [4.78, 5) is 45.4. The van der Waals surface area contributed by atoms with Crippen molar-refractivity contribution in [3.05, 3.63) is 131 Å². The highest BCUT2D eigenvalue weighted by Gasteiger charge is 2.21. The number of hydrogen-bond acceptors (Lipinski definition) is 7. The van der Waals surface area contributed by atoms with E-state index >= 15 is 0 Å². The molecule has 10 heteroatoms. The minimum absolute atomic E-state index is 0.104. The fourth-order valence-corrected chi connectivity index (χ4v) is 6.57. The molecule has 0 aliphatic heterocycles. The predicted molar refractivity (Wildman–Crippen MR) is 200 cm³/mol. The zero-order valence-electron chi connectivity index (χ0n) is 27.7. The average molecular weight is 691 g/mol. The van der Waals surface area contributed by atoms with Crippen molar-refractivity contribution in [2.24, 2.45) is 0 Å². The summed E-state index contributed by atoms with van der Waals surface area (Å²) in [5, 5.41) is 10.7. The highest BCUT2D eigenvalue weighted by Crippen LogP contribution is 2.31. The van der Waals surface area contributed by atoms with Gasteiger partial charge in [-0.25, -0.2) is 4.98 Å². The van der Waals surface area contributed by atoms with Gasteiger partial charge < -0.3 is 20.7 Å². The second-order valence-corrected chi connectivity index (χ2v) is 13.6. The van der Waals surface area contributed by atoms with Crippen molar-refractivity contribution in [1.82, 2.24) is 10.3 Å². The van der Waals surface area contributed by atoms with Gasteiger partial charge in [0.15, 0.2) is 5.13 Å². The maximum Gasteiger partial charge on any atom is 0.272 e. The van der Waals surface area contributed by atoms with Gasteiger partial charge in [-0.15, -0.1) is 23.1 Å². The number of nitrogens with zero attached hydrogens (tertiary/aromatic N) is 1. The number of anilines is 2. The van der Waals surface area contributed by atoms with Crippen LogP contribution >= 0.6 is 23.1 Å². The Labute approximate surface area is 295 Å². The van der Waals surface area contributed by atoms with E-state index in [4.69, 9.17) is 4.74 Å². The predicted octanol–water partition coefficient (Wildman–Crippen LogP) is 8.86. The maximum absolute atomic E-state index is 13.6. The first-order valence-electron chi connectivity index (χ1n) is 15.9. The molecule has 0 radical (unpaired) electrons. The summed E-state index contributed by atoms with van der Waals surface area (Å²) in [6.45, 7) is 6.19. The molecule has 49 heavy (non-hydrogen) atoms. The molecule has 0 aliphatic rings. The minimum Gasteiger partial charge on any atom is -0.497 e. The number of amides is 3. The SMILES string of the molecule is CCC(Sc1cccc(NC(=O)/C(=C\c2ccc(C(C)C)cc2)NC(=O)c2ccccc2)c1)C(=O)Nc1nc(-c2ccc(OC)cc2)cs1. The zero-order valence-corrected chi connectivity index (χ0v) is 29.4. The van der Waals surface area contributed by atoms with Gasteiger partial charge in [0.25, 0.3) is 11.8 Å². The summed E-state index contributed by atoms with van der Waals surface area (Å²) in [7, 11) is 1.62. The number of ether oxygens (including phenoxy) is 1. The van der Waals surface area contributed by atoms with Crippen molar-refractivity contribution in [1.29, 1.82) is 0 Å². The lowest BCUT2D eigenvalue weighted by atomic mass is 10.0. The van der Waals surface area contributed by atoms with Crippen LogP contribution in [0.4, 0.5) is 10.8 Å². The summed E-state index contributed by atoms with van der Waals surface area (Å²) in [6, 6.07) is 31.5. The molecule has 5 aromatic rings. The van der Waals surface area contributed by atoms with E-state index in [1.54, 1.807) is 43.5 Å². The van der Waals surface area contributed by atoms with E-state index in [1.165, 1.54) is 28.7 Å². The Morgan fingerprint density at radius 3 is 2.31 bits per heavy atom. The molecule has 0 fully saturated rings. The van der Waals surface area contributed by atoms with Gasteiger partial charge in [0, 0.05) is 27.1 Å². The van der Waals surface area contributed by atoms with Gasteiger partial charge in [0.2, 0.25) is 5.91 Å². The van der Waals surface area contributed by atoms with E-state index in [9.17, 15) is 14.4 Å². The first-order chi connectivity index (χ1) is 23.7. The topological polar surface area (TPSA) is 109 Å². The fourth-order valence-electron chi connectivity index (χ4n) is 4.83. The van der Waals surface area contributed by atoms with Crippen LogP contribution < -0.4 is 20.7 Å². The van der Waals surface area contributed by atoms with Gasteiger partial charge in [-0.2, -0.15) is 0 Å². The van der Waals surface area contributed by atoms with Gasteiger partial charge in [-0.3, -0.25) is 14.4 Å². The number of nitrogens with one attached hydrogen (secondary N) is 3. The minimum atomic E-state index is -0.472. The Hall–Kier alpha value is -5.19. The normalized spacial score (nSPS) is 11.9.